The van der Waals surface area contributed by atoms with Crippen molar-refractivity contribution < 1.29 is 0 Å². The third-order valence-electron chi connectivity index (χ3n) is 2.71. The molecule has 0 spiro atoms. The van der Waals surface area contributed by atoms with E-state index in [0.717, 1.165) is 0 Å². The van der Waals surface area contributed by atoms with Gasteiger partial charge >= 0.3 is 0 Å². The Bertz CT molecular complexity index is 628. The summed E-state index contributed by atoms with van der Waals surface area (Å²) in [5.74, 6) is 0. The average Bonchev–Trinajstić information content (AvgIpc) is 2.35. The number of hydrogen-bond donors (Lipinski definition) is 2. The lowest BCUT2D eigenvalue weighted by atomic mass is 10.0. The third kappa shape index (κ3) is 2.87. The van der Waals surface area contributed by atoms with Crippen LogP contribution in [0.4, 0.5) is 11.4 Å². The lowest BCUT2D eigenvalue weighted by molar-refractivity contribution is 1.14. The molecule has 100 valence electrons. The first-order chi connectivity index (χ1) is 8.91. The molecule has 6 heteroatoms. The number of benzene rings is 2. The summed E-state index contributed by atoms with van der Waals surface area (Å²) < 4.78 is 0. The van der Waals surface area contributed by atoms with Gasteiger partial charge in [-0.1, -0.05) is 46.9 Å². The van der Waals surface area contributed by atoms with E-state index in [1.165, 1.54) is 0 Å². The third-order valence-corrected chi connectivity index (χ3v) is 4.42. The van der Waals surface area contributed by atoms with E-state index in [4.69, 9.17) is 57.9 Å². The summed E-state index contributed by atoms with van der Waals surface area (Å²) in [6.07, 6.45) is 0. The van der Waals surface area contributed by atoms with Crippen LogP contribution in [0.5, 0.6) is 0 Å². The molecule has 0 aromatic heterocycles. The molecule has 2 aromatic rings. The van der Waals surface area contributed by atoms with Crippen molar-refractivity contribution in [3.63, 3.8) is 0 Å². The van der Waals surface area contributed by atoms with Gasteiger partial charge in [-0.25, -0.2) is 0 Å². The fraction of sp³-hybridized carbons (Fsp3) is 0.0769. The van der Waals surface area contributed by atoms with Gasteiger partial charge in [0.25, 0.3) is 0 Å². The number of halogens is 4. The molecule has 19 heavy (non-hydrogen) atoms. The molecule has 0 aliphatic rings. The smallest absolute Gasteiger partial charge is 0.0864 e. The zero-order valence-corrected chi connectivity index (χ0v) is 12.7. The highest BCUT2D eigenvalue weighted by atomic mass is 35.5. The molecule has 2 nitrogen and oxygen atoms in total. The number of nitrogen functional groups attached to an aromatic ring is 2. The van der Waals surface area contributed by atoms with Gasteiger partial charge in [0.1, 0.15) is 0 Å². The standard InChI is InChI=1S/C13H10Cl4N2/c14-9-5-6(18)1-2-7(9)11(15)8-3-4-10(19)13(17)12(8)16/h1-5,11H,18-19H2. The number of alkyl halides is 1. The monoisotopic (exact) mass is 334 g/mol. The van der Waals surface area contributed by atoms with Crippen molar-refractivity contribution in [1.82, 2.24) is 0 Å². The maximum Gasteiger partial charge on any atom is 0.0864 e. The molecule has 0 bridgehead atoms. The van der Waals surface area contributed by atoms with Gasteiger partial charge in [-0.3, -0.25) is 0 Å². The Morgan fingerprint density at radius 2 is 1.47 bits per heavy atom. The van der Waals surface area contributed by atoms with Crippen LogP contribution in [-0.2, 0) is 0 Å². The second kappa shape index (κ2) is 5.68. The van der Waals surface area contributed by atoms with Gasteiger partial charge in [0.05, 0.1) is 21.1 Å². The van der Waals surface area contributed by atoms with Crippen LogP contribution < -0.4 is 11.5 Å². The average molecular weight is 336 g/mol. The van der Waals surface area contributed by atoms with Crippen molar-refractivity contribution in [3.05, 3.63) is 56.5 Å². The van der Waals surface area contributed by atoms with Crippen LogP contribution in [0.25, 0.3) is 0 Å². The van der Waals surface area contributed by atoms with Crippen LogP contribution in [0.15, 0.2) is 30.3 Å². The maximum absolute atomic E-state index is 6.41. The van der Waals surface area contributed by atoms with E-state index >= 15 is 0 Å². The summed E-state index contributed by atoms with van der Waals surface area (Å²) in [5, 5.41) is 0.564. The molecule has 2 aromatic carbocycles. The Labute approximate surface area is 131 Å². The number of rotatable bonds is 2. The molecule has 1 atom stereocenters. The minimum Gasteiger partial charge on any atom is -0.399 e. The molecular formula is C13H10Cl4N2. The quantitative estimate of drug-likeness (QED) is 0.589. The highest BCUT2D eigenvalue weighted by Crippen LogP contribution is 2.41. The Morgan fingerprint density at radius 1 is 0.842 bits per heavy atom. The number of hydrogen-bond acceptors (Lipinski definition) is 2. The summed E-state index contributed by atoms with van der Waals surface area (Å²) in [6.45, 7) is 0. The first-order valence-corrected chi connectivity index (χ1v) is 6.91. The fourth-order valence-corrected chi connectivity index (χ4v) is 2.93. The lowest BCUT2D eigenvalue weighted by Gasteiger charge is -2.15. The molecule has 1 unspecified atom stereocenters. The Hall–Kier alpha value is -0.800. The van der Waals surface area contributed by atoms with Crippen LogP contribution in [0, 0.1) is 0 Å². The Kier molecular flexibility index (Phi) is 4.36. The van der Waals surface area contributed by atoms with Crippen LogP contribution >= 0.6 is 46.4 Å². The SMILES string of the molecule is Nc1ccc(C(Cl)c2ccc(N)c(Cl)c2Cl)c(Cl)c1. The van der Waals surface area contributed by atoms with Gasteiger partial charge in [0, 0.05) is 10.7 Å². The minimum absolute atomic E-state index is 0.288. The molecular weight excluding hydrogens is 326 g/mol. The first-order valence-electron chi connectivity index (χ1n) is 5.34. The largest absolute Gasteiger partial charge is 0.399 e. The van der Waals surface area contributed by atoms with Crippen LogP contribution in [0.2, 0.25) is 15.1 Å². The zero-order valence-electron chi connectivity index (χ0n) is 9.63. The van der Waals surface area contributed by atoms with E-state index in [2.05, 4.69) is 0 Å². The van der Waals surface area contributed by atoms with Gasteiger partial charge in [-0.15, -0.1) is 11.6 Å². The maximum atomic E-state index is 6.41. The van der Waals surface area contributed by atoms with Gasteiger partial charge < -0.3 is 11.5 Å². The summed E-state index contributed by atoms with van der Waals surface area (Å²) in [6, 6.07) is 8.51. The van der Waals surface area contributed by atoms with Crippen molar-refractivity contribution in [1.29, 1.82) is 0 Å². The number of anilines is 2. The van der Waals surface area contributed by atoms with Gasteiger partial charge in [0.2, 0.25) is 0 Å². The Morgan fingerprint density at radius 3 is 2.11 bits per heavy atom. The molecule has 0 fully saturated rings. The number of nitrogens with two attached hydrogens (primary N) is 2. The zero-order chi connectivity index (χ0) is 14.2. The molecule has 0 amide bonds. The topological polar surface area (TPSA) is 52.0 Å². The highest BCUT2D eigenvalue weighted by molar-refractivity contribution is 6.44. The van der Waals surface area contributed by atoms with Gasteiger partial charge in [0.15, 0.2) is 0 Å². The molecule has 0 heterocycles. The van der Waals surface area contributed by atoms with Crippen LogP contribution in [0.3, 0.4) is 0 Å². The van der Waals surface area contributed by atoms with Crippen molar-refractivity contribution in [2.75, 3.05) is 11.5 Å². The Balaban J connectivity index is 2.50. The fourth-order valence-electron chi connectivity index (χ4n) is 1.69. The summed E-state index contributed by atoms with van der Waals surface area (Å²) in [4.78, 5) is 0. The molecule has 0 saturated carbocycles. The molecule has 0 radical (unpaired) electrons. The summed E-state index contributed by atoms with van der Waals surface area (Å²) in [7, 11) is 0. The van der Waals surface area contributed by atoms with E-state index in [1.54, 1.807) is 30.3 Å². The van der Waals surface area contributed by atoms with E-state index < -0.39 is 5.38 Å². The molecule has 2 rings (SSSR count). The molecule has 4 N–H and O–H groups in total. The normalized spacial score (nSPS) is 12.4. The molecule has 0 saturated heterocycles. The van der Waals surface area contributed by atoms with Crippen molar-refractivity contribution >= 4 is 57.8 Å². The first kappa shape index (κ1) is 14.6. The van der Waals surface area contributed by atoms with Gasteiger partial charge in [-0.05, 0) is 29.3 Å². The van der Waals surface area contributed by atoms with Crippen molar-refractivity contribution in [2.45, 2.75) is 5.38 Å². The predicted molar refractivity (Wildman–Crippen MR) is 84.4 cm³/mol. The minimum atomic E-state index is -0.529. The van der Waals surface area contributed by atoms with E-state index in [-0.39, 0.29) is 5.02 Å². The summed E-state index contributed by atoms with van der Waals surface area (Å²) >= 11 is 24.7. The van der Waals surface area contributed by atoms with Crippen LogP contribution in [-0.4, -0.2) is 0 Å². The second-order valence-electron chi connectivity index (χ2n) is 4.02. The van der Waals surface area contributed by atoms with E-state index in [0.29, 0.717) is 32.5 Å². The van der Waals surface area contributed by atoms with Crippen molar-refractivity contribution in [2.24, 2.45) is 0 Å². The van der Waals surface area contributed by atoms with Crippen LogP contribution in [0.1, 0.15) is 16.5 Å². The lowest BCUT2D eigenvalue weighted by Crippen LogP contribution is -1.98. The van der Waals surface area contributed by atoms with Gasteiger partial charge in [-0.2, -0.15) is 0 Å². The molecule has 0 aliphatic carbocycles. The van der Waals surface area contributed by atoms with E-state index in [1.807, 2.05) is 0 Å². The van der Waals surface area contributed by atoms with E-state index in [9.17, 15) is 0 Å². The highest BCUT2D eigenvalue weighted by Gasteiger charge is 2.19. The molecule has 0 aliphatic heterocycles. The predicted octanol–water partition coefficient (Wildman–Crippen LogP) is 5.14. The second-order valence-corrected chi connectivity index (χ2v) is 5.62. The summed E-state index contributed by atoms with van der Waals surface area (Å²) in [5.41, 5.74) is 13.7. The van der Waals surface area contributed by atoms with Crippen molar-refractivity contribution in [3.8, 4) is 0 Å².